The summed E-state index contributed by atoms with van der Waals surface area (Å²) in [4.78, 5) is 8.48. The maximum Gasteiger partial charge on any atom is 0.190 e. The first-order valence-corrected chi connectivity index (χ1v) is 9.67. The van der Waals surface area contributed by atoms with Gasteiger partial charge in [-0.1, -0.05) is 6.07 Å². The highest BCUT2D eigenvalue weighted by Crippen LogP contribution is 2.11. The Balaban J connectivity index is 1.40. The molecule has 1 atom stereocenters. The molecule has 3 N–H and O–H groups in total. The van der Waals surface area contributed by atoms with Crippen molar-refractivity contribution in [1.82, 2.24) is 15.6 Å². The molecule has 0 spiro atoms. The molecule has 0 aromatic carbocycles. The van der Waals surface area contributed by atoms with Gasteiger partial charge in [0.15, 0.2) is 5.96 Å². The summed E-state index contributed by atoms with van der Waals surface area (Å²) in [6.07, 6.45) is 7.52. The maximum absolute atomic E-state index is 5.66. The van der Waals surface area contributed by atoms with E-state index in [9.17, 15) is 0 Å². The molecule has 146 valence electrons. The van der Waals surface area contributed by atoms with Crippen molar-refractivity contribution >= 4 is 11.8 Å². The van der Waals surface area contributed by atoms with Gasteiger partial charge in [0, 0.05) is 46.1 Å². The van der Waals surface area contributed by atoms with E-state index in [1.165, 1.54) is 0 Å². The van der Waals surface area contributed by atoms with Crippen LogP contribution in [-0.2, 0) is 9.47 Å². The SMILES string of the molecule is CN=C(NCCCCNc1ccccn1)NCCCOCC1CCCO1. The number of guanidine groups is 1. The van der Waals surface area contributed by atoms with Crippen molar-refractivity contribution in [2.45, 2.75) is 38.2 Å². The monoisotopic (exact) mass is 363 g/mol. The minimum absolute atomic E-state index is 0.310. The van der Waals surface area contributed by atoms with Crippen molar-refractivity contribution in [3.8, 4) is 0 Å². The van der Waals surface area contributed by atoms with Crippen molar-refractivity contribution in [2.75, 3.05) is 51.8 Å². The van der Waals surface area contributed by atoms with Crippen LogP contribution in [0.5, 0.6) is 0 Å². The van der Waals surface area contributed by atoms with Gasteiger partial charge < -0.3 is 25.4 Å². The first kappa shape index (κ1) is 20.5. The first-order chi connectivity index (χ1) is 12.9. The van der Waals surface area contributed by atoms with Gasteiger partial charge in [-0.05, 0) is 44.2 Å². The lowest BCUT2D eigenvalue weighted by atomic mass is 10.2. The second kappa shape index (κ2) is 13.4. The minimum Gasteiger partial charge on any atom is -0.379 e. The smallest absolute Gasteiger partial charge is 0.190 e. The van der Waals surface area contributed by atoms with Gasteiger partial charge in [-0.2, -0.15) is 0 Å². The summed E-state index contributed by atoms with van der Waals surface area (Å²) in [7, 11) is 1.80. The molecule has 0 saturated carbocycles. The molecule has 0 bridgehead atoms. The number of ether oxygens (including phenoxy) is 2. The van der Waals surface area contributed by atoms with Crippen LogP contribution in [0.3, 0.4) is 0 Å². The standard InChI is InChI=1S/C19H33N5O2/c1-20-19(24-13-7-14-25-16-17-8-6-15-26-17)23-12-5-4-11-22-18-9-2-3-10-21-18/h2-3,9-10,17H,4-8,11-16H2,1H3,(H,21,22)(H2,20,23,24). The fourth-order valence-corrected chi connectivity index (χ4v) is 2.73. The molecule has 0 radical (unpaired) electrons. The van der Waals surface area contributed by atoms with Crippen LogP contribution < -0.4 is 16.0 Å². The summed E-state index contributed by atoms with van der Waals surface area (Å²) in [6, 6.07) is 5.89. The fourth-order valence-electron chi connectivity index (χ4n) is 2.73. The average molecular weight is 364 g/mol. The lowest BCUT2D eigenvalue weighted by molar-refractivity contribution is 0.0168. The Bertz CT molecular complexity index is 492. The zero-order chi connectivity index (χ0) is 18.3. The van der Waals surface area contributed by atoms with Crippen molar-refractivity contribution in [3.05, 3.63) is 24.4 Å². The quantitative estimate of drug-likeness (QED) is 0.300. The van der Waals surface area contributed by atoms with Crippen LogP contribution in [0.15, 0.2) is 29.4 Å². The second-order valence-electron chi connectivity index (χ2n) is 6.34. The topological polar surface area (TPSA) is 79.8 Å². The third-order valence-corrected chi connectivity index (χ3v) is 4.18. The number of rotatable bonds is 12. The molecule has 26 heavy (non-hydrogen) atoms. The molecule has 7 nitrogen and oxygen atoms in total. The van der Waals surface area contributed by atoms with E-state index in [4.69, 9.17) is 9.47 Å². The van der Waals surface area contributed by atoms with Gasteiger partial charge in [-0.25, -0.2) is 4.98 Å². The molecule has 2 rings (SSSR count). The third-order valence-electron chi connectivity index (χ3n) is 4.18. The van der Waals surface area contributed by atoms with Gasteiger partial charge in [0.1, 0.15) is 5.82 Å². The van der Waals surface area contributed by atoms with Crippen LogP contribution >= 0.6 is 0 Å². The minimum atomic E-state index is 0.310. The number of hydrogen-bond acceptors (Lipinski definition) is 5. The van der Waals surface area contributed by atoms with E-state index < -0.39 is 0 Å². The molecule has 1 aliphatic heterocycles. The molecule has 1 unspecified atom stereocenters. The molecule has 1 aromatic heterocycles. The number of nitrogens with one attached hydrogen (secondary N) is 3. The number of aromatic nitrogens is 1. The van der Waals surface area contributed by atoms with E-state index >= 15 is 0 Å². The van der Waals surface area contributed by atoms with Gasteiger partial charge in [0.25, 0.3) is 0 Å². The maximum atomic E-state index is 5.66. The predicted molar refractivity (Wildman–Crippen MR) is 106 cm³/mol. The van der Waals surface area contributed by atoms with Gasteiger partial charge in [0.2, 0.25) is 0 Å². The van der Waals surface area contributed by atoms with Crippen molar-refractivity contribution in [3.63, 3.8) is 0 Å². The lowest BCUT2D eigenvalue weighted by Gasteiger charge is -2.13. The van der Waals surface area contributed by atoms with E-state index in [1.807, 2.05) is 18.2 Å². The van der Waals surface area contributed by atoms with Crippen LogP contribution in [0.1, 0.15) is 32.1 Å². The van der Waals surface area contributed by atoms with Crippen LogP contribution in [0.4, 0.5) is 5.82 Å². The fraction of sp³-hybridized carbons (Fsp3) is 0.684. The van der Waals surface area contributed by atoms with E-state index in [1.54, 1.807) is 13.2 Å². The number of pyridine rings is 1. The molecular weight excluding hydrogens is 330 g/mol. The number of hydrogen-bond donors (Lipinski definition) is 3. The molecule has 2 heterocycles. The number of aliphatic imine (C=N–C) groups is 1. The Morgan fingerprint density at radius 3 is 2.81 bits per heavy atom. The van der Waals surface area contributed by atoms with Crippen LogP contribution in [0.2, 0.25) is 0 Å². The normalized spacial score (nSPS) is 17.3. The molecule has 0 aliphatic carbocycles. The predicted octanol–water partition coefficient (Wildman–Crippen LogP) is 2.02. The molecular formula is C19H33N5O2. The summed E-state index contributed by atoms with van der Waals surface area (Å²) in [5.41, 5.74) is 0. The Morgan fingerprint density at radius 2 is 2.08 bits per heavy atom. The second-order valence-corrected chi connectivity index (χ2v) is 6.34. The van der Waals surface area contributed by atoms with Crippen molar-refractivity contribution in [1.29, 1.82) is 0 Å². The Kier molecular flexibility index (Phi) is 10.5. The van der Waals surface area contributed by atoms with Crippen LogP contribution in [-0.4, -0.2) is 63.6 Å². The third kappa shape index (κ3) is 9.01. The van der Waals surface area contributed by atoms with Gasteiger partial charge >= 0.3 is 0 Å². The summed E-state index contributed by atoms with van der Waals surface area (Å²) >= 11 is 0. The summed E-state index contributed by atoms with van der Waals surface area (Å²) in [5.74, 6) is 1.78. The largest absolute Gasteiger partial charge is 0.379 e. The number of anilines is 1. The van der Waals surface area contributed by atoms with Gasteiger partial charge in [-0.15, -0.1) is 0 Å². The first-order valence-electron chi connectivity index (χ1n) is 9.67. The Morgan fingerprint density at radius 1 is 1.23 bits per heavy atom. The highest BCUT2D eigenvalue weighted by atomic mass is 16.5. The molecule has 7 heteroatoms. The molecule has 1 aromatic rings. The summed E-state index contributed by atoms with van der Waals surface area (Å²) < 4.78 is 11.2. The van der Waals surface area contributed by atoms with E-state index in [-0.39, 0.29) is 0 Å². The zero-order valence-corrected chi connectivity index (χ0v) is 15.9. The summed E-state index contributed by atoms with van der Waals surface area (Å²) in [6.45, 7) is 5.04. The molecule has 1 fully saturated rings. The molecule has 1 aliphatic rings. The Labute approximate surface area is 157 Å². The number of nitrogens with zero attached hydrogens (tertiary/aromatic N) is 2. The average Bonchev–Trinajstić information content (AvgIpc) is 3.19. The van der Waals surface area contributed by atoms with E-state index in [2.05, 4.69) is 25.9 Å². The van der Waals surface area contributed by atoms with Crippen LogP contribution in [0.25, 0.3) is 0 Å². The van der Waals surface area contributed by atoms with Gasteiger partial charge in [-0.3, -0.25) is 4.99 Å². The number of unbranched alkanes of at least 4 members (excludes halogenated alkanes) is 1. The van der Waals surface area contributed by atoms with E-state index in [0.717, 1.165) is 83.3 Å². The van der Waals surface area contributed by atoms with Crippen LogP contribution in [0, 0.1) is 0 Å². The van der Waals surface area contributed by atoms with E-state index in [0.29, 0.717) is 6.10 Å². The Hall–Kier alpha value is -1.86. The highest BCUT2D eigenvalue weighted by molar-refractivity contribution is 5.79. The molecule has 1 saturated heterocycles. The summed E-state index contributed by atoms with van der Waals surface area (Å²) in [5, 5.41) is 9.97. The highest BCUT2D eigenvalue weighted by Gasteiger charge is 2.14. The van der Waals surface area contributed by atoms with Crippen molar-refractivity contribution < 1.29 is 9.47 Å². The lowest BCUT2D eigenvalue weighted by Crippen LogP contribution is -2.38. The van der Waals surface area contributed by atoms with Crippen molar-refractivity contribution in [2.24, 2.45) is 4.99 Å². The molecule has 0 amide bonds. The zero-order valence-electron chi connectivity index (χ0n) is 15.9. The van der Waals surface area contributed by atoms with Gasteiger partial charge in [0.05, 0.1) is 12.7 Å².